The van der Waals surface area contributed by atoms with E-state index in [4.69, 9.17) is 4.74 Å². The number of esters is 1. The van der Waals surface area contributed by atoms with Crippen molar-refractivity contribution in [3.05, 3.63) is 41.7 Å². The van der Waals surface area contributed by atoms with E-state index in [-0.39, 0.29) is 30.2 Å². The normalized spacial score (nSPS) is 29.5. The zero-order valence-electron chi connectivity index (χ0n) is 18.5. The number of carbonyl (C=O) groups excluding carboxylic acids is 4. The van der Waals surface area contributed by atoms with Gasteiger partial charge in [0.15, 0.2) is 11.6 Å². The predicted molar refractivity (Wildman–Crippen MR) is 115 cm³/mol. The third-order valence-electron chi connectivity index (χ3n) is 6.33. The average Bonchev–Trinajstić information content (AvgIpc) is 3.36. The van der Waals surface area contributed by atoms with Gasteiger partial charge in [-0.05, 0) is 43.9 Å². The second kappa shape index (κ2) is 9.80. The Bertz CT molecular complexity index is 1030. The van der Waals surface area contributed by atoms with Gasteiger partial charge in [0, 0.05) is 11.6 Å². The van der Waals surface area contributed by atoms with Gasteiger partial charge in [-0.1, -0.05) is 12.2 Å². The van der Waals surface area contributed by atoms with Crippen molar-refractivity contribution in [1.82, 2.24) is 15.5 Å². The van der Waals surface area contributed by atoms with Gasteiger partial charge in [-0.25, -0.2) is 4.39 Å². The first-order valence-electron chi connectivity index (χ1n) is 11.1. The largest absolute Gasteiger partial charge is 0.494 e. The lowest BCUT2D eigenvalue weighted by molar-refractivity contribution is -0.155. The molecule has 3 heterocycles. The Morgan fingerprint density at radius 1 is 1.18 bits per heavy atom. The molecule has 2 fully saturated rings. The number of methoxy groups -OCH3 is 1. The number of nitrogens with one attached hydrogen (secondary N) is 2. The van der Waals surface area contributed by atoms with E-state index in [1.807, 2.05) is 6.08 Å². The summed E-state index contributed by atoms with van der Waals surface area (Å²) in [7, 11) is 1.31. The Balaban J connectivity index is 1.49. The number of hydrogen-bond acceptors (Lipinski definition) is 7. The second-order valence-electron chi connectivity index (χ2n) is 8.51. The van der Waals surface area contributed by atoms with Gasteiger partial charge in [0.05, 0.1) is 13.5 Å². The molecule has 3 aliphatic rings. The zero-order valence-corrected chi connectivity index (χ0v) is 18.5. The molecule has 4 rings (SSSR count). The van der Waals surface area contributed by atoms with E-state index in [1.165, 1.54) is 24.1 Å². The Morgan fingerprint density at radius 3 is 2.62 bits per heavy atom. The Kier molecular flexibility index (Phi) is 6.82. The molecule has 1 aromatic rings. The van der Waals surface area contributed by atoms with Gasteiger partial charge < -0.3 is 30.1 Å². The maximum Gasteiger partial charge on any atom is 0.310 e. The first-order valence-corrected chi connectivity index (χ1v) is 11.1. The van der Waals surface area contributed by atoms with E-state index in [0.717, 1.165) is 6.07 Å². The quantitative estimate of drug-likeness (QED) is 0.414. The molecule has 3 aliphatic heterocycles. The fourth-order valence-electron chi connectivity index (χ4n) is 4.59. The standard InChI is InChI=1S/C23H26FN3O7/c1-33-18-9-6-12(10-14(18)24)20(29)25-15-5-3-2-4-13-7-8-17(27(13)22(15)31)21(30)26-16-11-19(28)34-23(16)32/h2-3,6,9-10,13,15-17,23,32H,4-5,7-8,11H2,1H3,(H,25,29)(H,26,30)/b3-2-/t13-,15+,16?,17+,23?/m1/s1. The number of carbonyl (C=O) groups is 4. The molecule has 2 saturated heterocycles. The first kappa shape index (κ1) is 23.7. The summed E-state index contributed by atoms with van der Waals surface area (Å²) < 4.78 is 23.6. The summed E-state index contributed by atoms with van der Waals surface area (Å²) in [4.78, 5) is 52.0. The van der Waals surface area contributed by atoms with Crippen molar-refractivity contribution in [2.24, 2.45) is 0 Å². The lowest BCUT2D eigenvalue weighted by Gasteiger charge is -2.34. The lowest BCUT2D eigenvalue weighted by Crippen LogP contribution is -2.57. The Morgan fingerprint density at radius 2 is 1.94 bits per heavy atom. The van der Waals surface area contributed by atoms with Crippen LogP contribution in [0.5, 0.6) is 5.75 Å². The molecule has 10 nitrogen and oxygen atoms in total. The number of rotatable bonds is 5. The molecule has 182 valence electrons. The first-order chi connectivity index (χ1) is 16.3. The summed E-state index contributed by atoms with van der Waals surface area (Å²) in [5.41, 5.74) is 0.0318. The van der Waals surface area contributed by atoms with E-state index in [9.17, 15) is 28.7 Å². The number of cyclic esters (lactones) is 1. The van der Waals surface area contributed by atoms with Crippen LogP contribution >= 0.6 is 0 Å². The summed E-state index contributed by atoms with van der Waals surface area (Å²) in [6, 6.07) is 0.867. The maximum atomic E-state index is 14.0. The van der Waals surface area contributed by atoms with Crippen LogP contribution in [0.1, 0.15) is 42.5 Å². The summed E-state index contributed by atoms with van der Waals surface area (Å²) in [5, 5.41) is 15.0. The number of ether oxygens (including phenoxy) is 2. The van der Waals surface area contributed by atoms with E-state index in [1.54, 1.807) is 6.08 Å². The molecule has 2 unspecified atom stereocenters. The number of benzene rings is 1. The van der Waals surface area contributed by atoms with Crippen LogP contribution in [0.2, 0.25) is 0 Å². The fraction of sp³-hybridized carbons (Fsp3) is 0.478. The van der Waals surface area contributed by atoms with Crippen molar-refractivity contribution in [2.45, 2.75) is 62.6 Å². The van der Waals surface area contributed by atoms with Gasteiger partial charge in [0.2, 0.25) is 18.1 Å². The van der Waals surface area contributed by atoms with E-state index in [0.29, 0.717) is 19.3 Å². The van der Waals surface area contributed by atoms with Crippen LogP contribution in [-0.4, -0.2) is 71.3 Å². The summed E-state index contributed by atoms with van der Waals surface area (Å²) in [6.45, 7) is 0. The molecule has 0 saturated carbocycles. The van der Waals surface area contributed by atoms with Crippen LogP contribution in [0.25, 0.3) is 0 Å². The van der Waals surface area contributed by atoms with Gasteiger partial charge in [-0.3, -0.25) is 19.2 Å². The van der Waals surface area contributed by atoms with E-state index >= 15 is 0 Å². The van der Waals surface area contributed by atoms with Crippen molar-refractivity contribution in [3.63, 3.8) is 0 Å². The minimum Gasteiger partial charge on any atom is -0.494 e. The molecule has 34 heavy (non-hydrogen) atoms. The molecule has 3 amide bonds. The highest BCUT2D eigenvalue weighted by Gasteiger charge is 2.45. The third-order valence-corrected chi connectivity index (χ3v) is 6.33. The van der Waals surface area contributed by atoms with Crippen molar-refractivity contribution < 1.29 is 38.1 Å². The van der Waals surface area contributed by atoms with Crippen LogP contribution < -0.4 is 15.4 Å². The van der Waals surface area contributed by atoms with Gasteiger partial charge >= 0.3 is 5.97 Å². The molecular weight excluding hydrogens is 449 g/mol. The second-order valence-corrected chi connectivity index (χ2v) is 8.51. The number of nitrogens with zero attached hydrogens (tertiary/aromatic N) is 1. The molecule has 0 aliphatic carbocycles. The van der Waals surface area contributed by atoms with Gasteiger partial charge in [0.25, 0.3) is 5.91 Å². The van der Waals surface area contributed by atoms with Crippen molar-refractivity contribution in [3.8, 4) is 5.75 Å². The maximum absolute atomic E-state index is 14.0. The van der Waals surface area contributed by atoms with Crippen molar-refractivity contribution in [1.29, 1.82) is 0 Å². The fourth-order valence-corrected chi connectivity index (χ4v) is 4.59. The minimum atomic E-state index is -1.43. The molecular formula is C23H26FN3O7. The molecule has 0 bridgehead atoms. The lowest BCUT2D eigenvalue weighted by atomic mass is 10.0. The highest BCUT2D eigenvalue weighted by molar-refractivity contribution is 5.99. The van der Waals surface area contributed by atoms with Crippen LogP contribution in [0.15, 0.2) is 30.4 Å². The summed E-state index contributed by atoms with van der Waals surface area (Å²) >= 11 is 0. The Labute approximate surface area is 195 Å². The molecule has 0 radical (unpaired) electrons. The monoisotopic (exact) mass is 475 g/mol. The minimum absolute atomic E-state index is 0.00485. The van der Waals surface area contributed by atoms with Gasteiger partial charge in [0.1, 0.15) is 18.1 Å². The Hall–Kier alpha value is -3.47. The number of halogens is 1. The van der Waals surface area contributed by atoms with E-state index in [2.05, 4.69) is 15.4 Å². The van der Waals surface area contributed by atoms with Crippen LogP contribution in [0.4, 0.5) is 4.39 Å². The molecule has 0 spiro atoms. The molecule has 0 aromatic heterocycles. The predicted octanol–water partition coefficient (Wildman–Crippen LogP) is 0.392. The highest BCUT2D eigenvalue weighted by atomic mass is 19.1. The zero-order chi connectivity index (χ0) is 24.4. The van der Waals surface area contributed by atoms with Crippen molar-refractivity contribution in [2.75, 3.05) is 7.11 Å². The summed E-state index contributed by atoms with van der Waals surface area (Å²) in [6.07, 6.45) is 3.88. The average molecular weight is 475 g/mol. The number of aliphatic hydroxyl groups excluding tert-OH is 1. The van der Waals surface area contributed by atoms with E-state index < -0.39 is 53.9 Å². The molecule has 3 N–H and O–H groups in total. The topological polar surface area (TPSA) is 134 Å². The molecule has 1 aromatic carbocycles. The van der Waals surface area contributed by atoms with Crippen molar-refractivity contribution >= 4 is 23.7 Å². The van der Waals surface area contributed by atoms with Crippen LogP contribution in [0, 0.1) is 5.82 Å². The number of hydrogen-bond donors (Lipinski definition) is 3. The van der Waals surface area contributed by atoms with Crippen LogP contribution in [-0.2, 0) is 19.1 Å². The molecule has 5 atom stereocenters. The number of aliphatic hydroxyl groups is 1. The molecule has 11 heteroatoms. The highest BCUT2D eigenvalue weighted by Crippen LogP contribution is 2.30. The van der Waals surface area contributed by atoms with Gasteiger partial charge in [-0.15, -0.1) is 0 Å². The summed E-state index contributed by atoms with van der Waals surface area (Å²) in [5.74, 6) is -2.87. The smallest absolute Gasteiger partial charge is 0.310 e. The SMILES string of the molecule is COc1ccc(C(=O)N[C@H]2C/C=C\C[C@@H]3CC[C@@H](C(=O)NC4CC(=O)OC4O)N3C2=O)cc1F. The van der Waals surface area contributed by atoms with Gasteiger partial charge in [-0.2, -0.15) is 0 Å². The number of fused-ring (bicyclic) bond motifs is 1. The third kappa shape index (κ3) is 4.74. The van der Waals surface area contributed by atoms with Crippen LogP contribution in [0.3, 0.4) is 0 Å². The number of amides is 3.